The molecule has 2 aromatic rings. The number of sulfonamides is 1. The third kappa shape index (κ3) is 5.04. The summed E-state index contributed by atoms with van der Waals surface area (Å²) in [7, 11) is -3.53. The molecule has 0 saturated carbocycles. The van der Waals surface area contributed by atoms with Gasteiger partial charge in [-0.3, -0.25) is 5.43 Å². The minimum absolute atomic E-state index is 0.115. The largest absolute Gasteiger partial charge is 0.507 e. The summed E-state index contributed by atoms with van der Waals surface area (Å²) >= 11 is 5.15. The molecule has 1 saturated heterocycles. The predicted octanol–water partition coefficient (Wildman–Crippen LogP) is 1.73. The van der Waals surface area contributed by atoms with Crippen LogP contribution in [0.2, 0.25) is 0 Å². The van der Waals surface area contributed by atoms with Gasteiger partial charge in [0.25, 0.3) is 0 Å². The standard InChI is InChI=1S/C18H20N4O4S2/c23-17-4-2-1-3-14(17)13-19-21-18(27)20-15-5-7-16(8-6-15)28(24,25)22-9-11-26-12-10-22/h1-8,13,23H,9-12H2,(H2,20,21,27)/b19-13+. The van der Waals surface area contributed by atoms with Crippen LogP contribution in [0.15, 0.2) is 58.5 Å². The quantitative estimate of drug-likeness (QED) is 0.385. The molecule has 1 fully saturated rings. The number of phenolic OH excluding ortho intramolecular Hbond substituents is 1. The summed E-state index contributed by atoms with van der Waals surface area (Å²) in [6.45, 7) is 1.51. The zero-order valence-electron chi connectivity index (χ0n) is 14.9. The van der Waals surface area contributed by atoms with Crippen molar-refractivity contribution in [1.82, 2.24) is 9.73 Å². The second-order valence-corrected chi connectivity index (χ2v) is 8.27. The number of para-hydroxylation sites is 1. The number of hydrogen-bond donors (Lipinski definition) is 3. The molecule has 10 heteroatoms. The van der Waals surface area contributed by atoms with E-state index in [1.165, 1.54) is 22.7 Å². The summed E-state index contributed by atoms with van der Waals surface area (Å²) in [5.74, 6) is 0.115. The first-order valence-electron chi connectivity index (χ1n) is 8.53. The Morgan fingerprint density at radius 1 is 1.14 bits per heavy atom. The maximum absolute atomic E-state index is 12.6. The van der Waals surface area contributed by atoms with Gasteiger partial charge in [-0.05, 0) is 48.6 Å². The van der Waals surface area contributed by atoms with E-state index in [1.54, 1.807) is 36.4 Å². The maximum Gasteiger partial charge on any atom is 0.243 e. The van der Waals surface area contributed by atoms with E-state index in [0.29, 0.717) is 37.6 Å². The van der Waals surface area contributed by atoms with Crippen molar-refractivity contribution < 1.29 is 18.3 Å². The molecule has 2 aromatic carbocycles. The Morgan fingerprint density at radius 2 is 1.82 bits per heavy atom. The van der Waals surface area contributed by atoms with Crippen LogP contribution < -0.4 is 10.7 Å². The fraction of sp³-hybridized carbons (Fsp3) is 0.222. The lowest BCUT2D eigenvalue weighted by atomic mass is 10.2. The van der Waals surface area contributed by atoms with Gasteiger partial charge in [0.15, 0.2) is 5.11 Å². The Hall–Kier alpha value is -2.53. The highest BCUT2D eigenvalue weighted by molar-refractivity contribution is 7.89. The van der Waals surface area contributed by atoms with Crippen LogP contribution >= 0.6 is 12.2 Å². The molecular weight excluding hydrogens is 400 g/mol. The van der Waals surface area contributed by atoms with E-state index in [1.807, 2.05) is 0 Å². The van der Waals surface area contributed by atoms with Gasteiger partial charge in [-0.1, -0.05) is 12.1 Å². The van der Waals surface area contributed by atoms with Crippen molar-refractivity contribution in [2.75, 3.05) is 31.6 Å². The van der Waals surface area contributed by atoms with E-state index < -0.39 is 10.0 Å². The van der Waals surface area contributed by atoms with Crippen molar-refractivity contribution in [3.63, 3.8) is 0 Å². The third-order valence-electron chi connectivity index (χ3n) is 4.03. The van der Waals surface area contributed by atoms with Crippen molar-refractivity contribution in [1.29, 1.82) is 0 Å². The monoisotopic (exact) mass is 420 g/mol. The smallest absolute Gasteiger partial charge is 0.243 e. The van der Waals surface area contributed by atoms with Crippen LogP contribution in [0.5, 0.6) is 5.75 Å². The van der Waals surface area contributed by atoms with Crippen LogP contribution in [0.3, 0.4) is 0 Å². The average Bonchev–Trinajstić information content (AvgIpc) is 2.70. The van der Waals surface area contributed by atoms with Crippen LogP contribution in [0.4, 0.5) is 5.69 Å². The summed E-state index contributed by atoms with van der Waals surface area (Å²) in [5.41, 5.74) is 3.81. The number of benzene rings is 2. The van der Waals surface area contributed by atoms with Crippen molar-refractivity contribution in [2.45, 2.75) is 4.90 Å². The van der Waals surface area contributed by atoms with Gasteiger partial charge in [0.2, 0.25) is 10.0 Å². The lowest BCUT2D eigenvalue weighted by molar-refractivity contribution is 0.0730. The molecular formula is C18H20N4O4S2. The number of rotatable bonds is 5. The number of nitrogens with one attached hydrogen (secondary N) is 2. The molecule has 0 radical (unpaired) electrons. The first-order valence-corrected chi connectivity index (χ1v) is 10.4. The molecule has 0 unspecified atom stereocenters. The van der Waals surface area contributed by atoms with E-state index in [9.17, 15) is 13.5 Å². The van der Waals surface area contributed by atoms with E-state index >= 15 is 0 Å². The van der Waals surface area contributed by atoms with Crippen LogP contribution in [-0.4, -0.2) is 55.5 Å². The number of anilines is 1. The molecule has 0 aromatic heterocycles. The highest BCUT2D eigenvalue weighted by atomic mass is 32.2. The molecule has 0 spiro atoms. The lowest BCUT2D eigenvalue weighted by Gasteiger charge is -2.26. The van der Waals surface area contributed by atoms with Gasteiger partial charge >= 0.3 is 0 Å². The minimum atomic E-state index is -3.53. The molecule has 1 aliphatic rings. The molecule has 0 bridgehead atoms. The van der Waals surface area contributed by atoms with Crippen molar-refractivity contribution >= 4 is 39.3 Å². The molecule has 1 heterocycles. The average molecular weight is 421 g/mol. The number of phenols is 1. The van der Waals surface area contributed by atoms with E-state index in [-0.39, 0.29) is 15.8 Å². The van der Waals surface area contributed by atoms with Crippen molar-refractivity contribution in [2.24, 2.45) is 5.10 Å². The summed E-state index contributed by atoms with van der Waals surface area (Å²) in [6, 6.07) is 13.1. The Kier molecular flexibility index (Phi) is 6.57. The second-order valence-electron chi connectivity index (χ2n) is 5.92. The lowest BCUT2D eigenvalue weighted by Crippen LogP contribution is -2.40. The minimum Gasteiger partial charge on any atom is -0.507 e. The molecule has 3 N–H and O–H groups in total. The fourth-order valence-electron chi connectivity index (χ4n) is 2.56. The molecule has 28 heavy (non-hydrogen) atoms. The predicted molar refractivity (Wildman–Crippen MR) is 111 cm³/mol. The topological polar surface area (TPSA) is 103 Å². The Labute approximate surface area is 168 Å². The number of morpholine rings is 1. The number of nitrogens with zero attached hydrogens (tertiary/aromatic N) is 2. The summed E-state index contributed by atoms with van der Waals surface area (Å²) in [4.78, 5) is 0.219. The summed E-state index contributed by atoms with van der Waals surface area (Å²) in [5, 5.41) is 16.8. The molecule has 148 valence electrons. The third-order valence-corrected chi connectivity index (χ3v) is 6.13. The normalized spacial score (nSPS) is 15.4. The highest BCUT2D eigenvalue weighted by Gasteiger charge is 2.26. The Bertz CT molecular complexity index is 956. The number of aromatic hydroxyl groups is 1. The number of thiocarbonyl (C=S) groups is 1. The second kappa shape index (κ2) is 9.11. The number of hydrogen-bond acceptors (Lipinski definition) is 6. The molecule has 8 nitrogen and oxygen atoms in total. The van der Waals surface area contributed by atoms with Gasteiger partial charge in [0, 0.05) is 24.3 Å². The maximum atomic E-state index is 12.6. The van der Waals surface area contributed by atoms with E-state index in [0.717, 1.165) is 0 Å². The molecule has 0 amide bonds. The van der Waals surface area contributed by atoms with Gasteiger partial charge in [-0.15, -0.1) is 0 Å². The van der Waals surface area contributed by atoms with Gasteiger partial charge in [0.1, 0.15) is 5.75 Å². The van der Waals surface area contributed by atoms with Crippen LogP contribution in [-0.2, 0) is 14.8 Å². The molecule has 1 aliphatic heterocycles. The van der Waals surface area contributed by atoms with Gasteiger partial charge in [-0.2, -0.15) is 9.41 Å². The zero-order chi connectivity index (χ0) is 20.0. The SMILES string of the molecule is O=S(=O)(c1ccc(NC(=S)N/N=C/c2ccccc2O)cc1)N1CCOCC1. The highest BCUT2D eigenvalue weighted by Crippen LogP contribution is 2.19. The van der Waals surface area contributed by atoms with E-state index in [2.05, 4.69) is 15.8 Å². The van der Waals surface area contributed by atoms with Crippen molar-refractivity contribution in [3.05, 3.63) is 54.1 Å². The fourth-order valence-corrected chi connectivity index (χ4v) is 4.14. The summed E-state index contributed by atoms with van der Waals surface area (Å²) < 4.78 is 31.8. The molecule has 0 atom stereocenters. The van der Waals surface area contributed by atoms with Crippen LogP contribution in [0, 0.1) is 0 Å². The van der Waals surface area contributed by atoms with Gasteiger partial charge in [0.05, 0.1) is 24.3 Å². The number of hydrazone groups is 1. The Morgan fingerprint density at radius 3 is 2.50 bits per heavy atom. The van der Waals surface area contributed by atoms with E-state index in [4.69, 9.17) is 17.0 Å². The Balaban J connectivity index is 1.58. The van der Waals surface area contributed by atoms with Crippen LogP contribution in [0.25, 0.3) is 0 Å². The first kappa shape index (κ1) is 20.2. The van der Waals surface area contributed by atoms with Gasteiger partial charge in [-0.25, -0.2) is 8.42 Å². The van der Waals surface area contributed by atoms with Gasteiger partial charge < -0.3 is 15.2 Å². The zero-order valence-corrected chi connectivity index (χ0v) is 16.5. The summed E-state index contributed by atoms with van der Waals surface area (Å²) in [6.07, 6.45) is 1.45. The van der Waals surface area contributed by atoms with Crippen LogP contribution in [0.1, 0.15) is 5.56 Å². The molecule has 0 aliphatic carbocycles. The molecule has 3 rings (SSSR count). The van der Waals surface area contributed by atoms with Crippen molar-refractivity contribution in [3.8, 4) is 5.75 Å². The first-order chi connectivity index (χ1) is 13.5. The number of ether oxygens (including phenoxy) is 1.